The number of carbonyl (C=O) groups is 1. The fourth-order valence-electron chi connectivity index (χ4n) is 3.74. The number of alkyl halides is 3. The second kappa shape index (κ2) is 9.04. The molecule has 9 nitrogen and oxygen atoms in total. The van der Waals surface area contributed by atoms with Crippen LogP contribution in [-0.4, -0.2) is 68.6 Å². The topological polar surface area (TPSA) is 89.3 Å². The van der Waals surface area contributed by atoms with Gasteiger partial charge in [0.05, 0.1) is 30.8 Å². The van der Waals surface area contributed by atoms with Crippen LogP contribution in [0.25, 0.3) is 5.69 Å². The highest BCUT2D eigenvalue weighted by molar-refractivity contribution is 5.98. The average molecular weight is 461 g/mol. The fraction of sp³-hybridized carbons (Fsp3) is 0.381. The number of nitrogens with zero attached hydrogens (tertiary/aromatic N) is 7. The Bertz CT molecular complexity index is 1120. The minimum atomic E-state index is -4.61. The molecule has 1 aromatic carbocycles. The van der Waals surface area contributed by atoms with Crippen molar-refractivity contribution in [3.63, 3.8) is 0 Å². The molecule has 1 amide bonds. The van der Waals surface area contributed by atoms with Gasteiger partial charge in [-0.1, -0.05) is 12.1 Å². The molecule has 174 valence electrons. The van der Waals surface area contributed by atoms with E-state index >= 15 is 0 Å². The Morgan fingerprint density at radius 2 is 1.85 bits per heavy atom. The molecule has 1 saturated heterocycles. The molecule has 0 bridgehead atoms. The van der Waals surface area contributed by atoms with E-state index < -0.39 is 17.6 Å². The molecule has 0 saturated carbocycles. The molecular formula is C21H22F3N7O2. The molecule has 33 heavy (non-hydrogen) atoms. The summed E-state index contributed by atoms with van der Waals surface area (Å²) in [6, 6.07) is 6.96. The zero-order valence-electron chi connectivity index (χ0n) is 18.0. The van der Waals surface area contributed by atoms with Crippen molar-refractivity contribution in [2.24, 2.45) is 0 Å². The highest BCUT2D eigenvalue weighted by atomic mass is 19.4. The van der Waals surface area contributed by atoms with E-state index in [0.717, 1.165) is 13.3 Å². The van der Waals surface area contributed by atoms with Crippen molar-refractivity contribution in [2.75, 3.05) is 31.6 Å². The zero-order valence-corrected chi connectivity index (χ0v) is 18.0. The maximum absolute atomic E-state index is 13.4. The van der Waals surface area contributed by atoms with Gasteiger partial charge >= 0.3 is 6.18 Å². The third kappa shape index (κ3) is 4.59. The second-order valence-corrected chi connectivity index (χ2v) is 7.55. The predicted molar refractivity (Wildman–Crippen MR) is 112 cm³/mol. The van der Waals surface area contributed by atoms with Gasteiger partial charge in [0.1, 0.15) is 5.56 Å². The van der Waals surface area contributed by atoms with E-state index in [4.69, 9.17) is 4.74 Å². The Morgan fingerprint density at radius 3 is 2.55 bits per heavy atom. The van der Waals surface area contributed by atoms with Crippen LogP contribution in [0.3, 0.4) is 0 Å². The lowest BCUT2D eigenvalue weighted by Gasteiger charge is -2.27. The van der Waals surface area contributed by atoms with Crippen molar-refractivity contribution in [3.05, 3.63) is 54.0 Å². The molecule has 0 N–H and O–H groups in total. The lowest BCUT2D eigenvalue weighted by atomic mass is 10.1. The Hall–Kier alpha value is -3.70. The number of ether oxygens (including phenoxy) is 1. The summed E-state index contributed by atoms with van der Waals surface area (Å²) in [6.45, 7) is 3.10. The van der Waals surface area contributed by atoms with Gasteiger partial charge in [-0.05, 0) is 25.5 Å². The second-order valence-electron chi connectivity index (χ2n) is 7.55. The summed E-state index contributed by atoms with van der Waals surface area (Å²) in [4.78, 5) is 26.2. The number of carbonyl (C=O) groups excluding carboxylic acids is 1. The number of rotatable bonds is 4. The number of amides is 1. The van der Waals surface area contributed by atoms with Crippen LogP contribution < -0.4 is 9.64 Å². The van der Waals surface area contributed by atoms with E-state index in [1.54, 1.807) is 34.1 Å². The smallest absolute Gasteiger partial charge is 0.423 e. The van der Waals surface area contributed by atoms with Crippen molar-refractivity contribution in [1.29, 1.82) is 0 Å². The van der Waals surface area contributed by atoms with Crippen molar-refractivity contribution < 1.29 is 22.7 Å². The van der Waals surface area contributed by atoms with Gasteiger partial charge in [-0.25, -0.2) is 4.98 Å². The molecule has 1 aliphatic rings. The molecule has 0 spiro atoms. The number of aromatic nitrogens is 5. The number of benzene rings is 1. The van der Waals surface area contributed by atoms with Crippen molar-refractivity contribution >= 4 is 11.9 Å². The number of para-hydroxylation sites is 1. The summed E-state index contributed by atoms with van der Waals surface area (Å²) in [5.41, 5.74) is -0.00403. The van der Waals surface area contributed by atoms with Gasteiger partial charge in [0.2, 0.25) is 11.8 Å². The average Bonchev–Trinajstić information content (AvgIpc) is 3.27. The number of hydrogen-bond donors (Lipinski definition) is 0. The molecule has 3 heterocycles. The monoisotopic (exact) mass is 461 g/mol. The summed E-state index contributed by atoms with van der Waals surface area (Å²) in [7, 11) is 1.14. The Morgan fingerprint density at radius 1 is 1.12 bits per heavy atom. The maximum Gasteiger partial charge on any atom is 0.423 e. The minimum Gasteiger partial charge on any atom is -0.480 e. The molecule has 4 rings (SSSR count). The van der Waals surface area contributed by atoms with Crippen LogP contribution in [0.5, 0.6) is 5.88 Å². The highest BCUT2D eigenvalue weighted by Crippen LogP contribution is 2.35. The van der Waals surface area contributed by atoms with Gasteiger partial charge in [-0.2, -0.15) is 33.1 Å². The molecule has 2 aromatic heterocycles. The summed E-state index contributed by atoms with van der Waals surface area (Å²) in [5.74, 6) is -0.580. The van der Waals surface area contributed by atoms with Gasteiger partial charge in [0, 0.05) is 31.9 Å². The fourth-order valence-corrected chi connectivity index (χ4v) is 3.74. The number of hydrogen-bond acceptors (Lipinski definition) is 7. The van der Waals surface area contributed by atoms with Crippen LogP contribution >= 0.6 is 0 Å². The van der Waals surface area contributed by atoms with Gasteiger partial charge in [0.25, 0.3) is 5.91 Å². The van der Waals surface area contributed by atoms with Gasteiger partial charge < -0.3 is 14.5 Å². The Kier molecular flexibility index (Phi) is 6.16. The Labute approximate surface area is 187 Å². The standard InChI is InChI=1S/C21H22F3N7O2/c1-14-7-10-29(20-25-13-16(21(22,23)24)18(28-20)33-2)11-12-30(14)19(32)15-5-3-4-6-17(15)31-26-8-9-27-31/h3-6,8-9,13-14H,7,10-12H2,1-2H3/t14-/m1/s1. The van der Waals surface area contributed by atoms with Gasteiger partial charge in [-0.3, -0.25) is 4.79 Å². The summed E-state index contributed by atoms with van der Waals surface area (Å²) in [6.07, 6.45) is -0.234. The first kappa shape index (κ1) is 22.5. The molecule has 1 aliphatic heterocycles. The molecule has 3 aromatic rings. The molecule has 1 atom stereocenters. The van der Waals surface area contributed by atoms with Crippen LogP contribution in [0.4, 0.5) is 19.1 Å². The van der Waals surface area contributed by atoms with E-state index in [1.807, 2.05) is 6.92 Å². The van der Waals surface area contributed by atoms with E-state index in [-0.39, 0.29) is 17.9 Å². The van der Waals surface area contributed by atoms with E-state index in [1.165, 1.54) is 17.2 Å². The lowest BCUT2D eigenvalue weighted by molar-refractivity contribution is -0.139. The summed E-state index contributed by atoms with van der Waals surface area (Å²) >= 11 is 0. The quantitative estimate of drug-likeness (QED) is 0.590. The normalized spacial score (nSPS) is 17.1. The first-order valence-electron chi connectivity index (χ1n) is 10.3. The molecule has 1 fully saturated rings. The molecule has 0 radical (unpaired) electrons. The Balaban J connectivity index is 1.56. The van der Waals surface area contributed by atoms with E-state index in [9.17, 15) is 18.0 Å². The number of anilines is 1. The number of methoxy groups -OCH3 is 1. The number of halogens is 3. The van der Waals surface area contributed by atoms with E-state index in [0.29, 0.717) is 37.3 Å². The highest BCUT2D eigenvalue weighted by Gasteiger charge is 2.37. The molecular weight excluding hydrogens is 439 g/mol. The first-order valence-corrected chi connectivity index (χ1v) is 10.3. The van der Waals surface area contributed by atoms with Crippen LogP contribution in [0.15, 0.2) is 42.9 Å². The van der Waals surface area contributed by atoms with Crippen molar-refractivity contribution in [1.82, 2.24) is 29.9 Å². The van der Waals surface area contributed by atoms with Crippen molar-refractivity contribution in [3.8, 4) is 11.6 Å². The molecule has 0 unspecified atom stereocenters. The third-order valence-electron chi connectivity index (χ3n) is 5.51. The summed E-state index contributed by atoms with van der Waals surface area (Å²) in [5, 5.41) is 8.25. The molecule has 12 heteroatoms. The lowest BCUT2D eigenvalue weighted by Crippen LogP contribution is -2.40. The van der Waals surface area contributed by atoms with Crippen molar-refractivity contribution in [2.45, 2.75) is 25.6 Å². The van der Waals surface area contributed by atoms with Gasteiger partial charge in [0.15, 0.2) is 0 Å². The van der Waals surface area contributed by atoms with Crippen LogP contribution in [-0.2, 0) is 6.18 Å². The molecule has 0 aliphatic carbocycles. The minimum absolute atomic E-state index is 0.113. The maximum atomic E-state index is 13.4. The first-order chi connectivity index (χ1) is 15.8. The SMILES string of the molecule is COc1nc(N2CC[C@@H](C)N(C(=O)c3ccccc3-n3nccn3)CC2)ncc1C(F)(F)F. The zero-order chi connectivity index (χ0) is 23.6. The third-order valence-corrected chi connectivity index (χ3v) is 5.51. The van der Waals surface area contributed by atoms with Crippen LogP contribution in [0.2, 0.25) is 0 Å². The largest absolute Gasteiger partial charge is 0.480 e. The van der Waals surface area contributed by atoms with Crippen LogP contribution in [0.1, 0.15) is 29.3 Å². The predicted octanol–water partition coefficient (Wildman–Crippen LogP) is 2.83. The van der Waals surface area contributed by atoms with Crippen LogP contribution in [0, 0.1) is 0 Å². The van der Waals surface area contributed by atoms with E-state index in [2.05, 4.69) is 20.2 Å². The van der Waals surface area contributed by atoms with Gasteiger partial charge in [-0.15, -0.1) is 0 Å². The summed E-state index contributed by atoms with van der Waals surface area (Å²) < 4.78 is 44.2.